The average molecular weight is 294 g/mol. The lowest BCUT2D eigenvalue weighted by Gasteiger charge is -2.05. The first kappa shape index (κ1) is 15.0. The summed E-state index contributed by atoms with van der Waals surface area (Å²) < 4.78 is 30.5. The summed E-state index contributed by atoms with van der Waals surface area (Å²) in [5.41, 5.74) is 0.757. The monoisotopic (exact) mass is 294 g/mol. The molecule has 0 fully saturated rings. The minimum Gasteiger partial charge on any atom is -0.476 e. The molecular formula is C9H14N2O5S2. The minimum absolute atomic E-state index is 0.239. The van der Waals surface area contributed by atoms with E-state index in [0.717, 1.165) is 17.8 Å². The molecule has 0 bridgehead atoms. The van der Waals surface area contributed by atoms with E-state index >= 15 is 0 Å². The number of nitrogens with zero attached hydrogens (tertiary/aromatic N) is 1. The van der Waals surface area contributed by atoms with Gasteiger partial charge in [0.2, 0.25) is 0 Å². The predicted octanol–water partition coefficient (Wildman–Crippen LogP) is 0.546. The van der Waals surface area contributed by atoms with Crippen molar-refractivity contribution in [2.24, 2.45) is 0 Å². The van der Waals surface area contributed by atoms with E-state index in [1.54, 1.807) is 7.11 Å². The molecule has 1 aromatic rings. The van der Waals surface area contributed by atoms with Gasteiger partial charge in [-0.05, 0) is 12.8 Å². The summed E-state index contributed by atoms with van der Waals surface area (Å²) >= 11 is 0.786. The number of aromatic nitrogens is 1. The van der Waals surface area contributed by atoms with Crippen molar-refractivity contribution in [3.63, 3.8) is 0 Å². The van der Waals surface area contributed by atoms with E-state index in [2.05, 4.69) is 9.71 Å². The Morgan fingerprint density at radius 2 is 2.28 bits per heavy atom. The van der Waals surface area contributed by atoms with Crippen LogP contribution in [0, 0.1) is 0 Å². The summed E-state index contributed by atoms with van der Waals surface area (Å²) in [5, 5.41) is 8.79. The van der Waals surface area contributed by atoms with Gasteiger partial charge in [0, 0.05) is 20.3 Å². The summed E-state index contributed by atoms with van der Waals surface area (Å²) in [4.78, 5) is 14.3. The van der Waals surface area contributed by atoms with Crippen molar-refractivity contribution >= 4 is 27.3 Å². The maximum absolute atomic E-state index is 11.8. The molecule has 0 aliphatic heterocycles. The third kappa shape index (κ3) is 4.02. The largest absolute Gasteiger partial charge is 0.476 e. The molecule has 0 spiro atoms. The predicted molar refractivity (Wildman–Crippen MR) is 65.4 cm³/mol. The smallest absolute Gasteiger partial charge is 0.356 e. The van der Waals surface area contributed by atoms with Crippen LogP contribution in [-0.4, -0.2) is 44.7 Å². The van der Waals surface area contributed by atoms with Gasteiger partial charge >= 0.3 is 5.97 Å². The van der Waals surface area contributed by atoms with E-state index in [1.807, 2.05) is 0 Å². The normalized spacial score (nSPS) is 11.6. The number of carboxylic acids is 1. The molecule has 0 saturated carbocycles. The molecule has 7 nitrogen and oxygen atoms in total. The topological polar surface area (TPSA) is 106 Å². The first-order valence-electron chi connectivity index (χ1n) is 5.14. The molecule has 0 aliphatic rings. The highest BCUT2D eigenvalue weighted by Gasteiger charge is 2.24. The van der Waals surface area contributed by atoms with Crippen LogP contribution in [0.3, 0.4) is 0 Å². The van der Waals surface area contributed by atoms with Gasteiger partial charge in [-0.25, -0.2) is 22.9 Å². The maximum Gasteiger partial charge on any atom is 0.356 e. The highest BCUT2D eigenvalue weighted by Crippen LogP contribution is 2.19. The van der Waals surface area contributed by atoms with Crippen LogP contribution in [0.5, 0.6) is 0 Å². The molecule has 1 rings (SSSR count). The molecule has 102 valence electrons. The lowest BCUT2D eigenvalue weighted by molar-refractivity contribution is 0.0687. The van der Waals surface area contributed by atoms with Gasteiger partial charge in [0.05, 0.1) is 5.51 Å². The molecule has 0 radical (unpaired) electrons. The third-order valence-corrected chi connectivity index (χ3v) is 4.88. The zero-order valence-electron chi connectivity index (χ0n) is 9.75. The van der Waals surface area contributed by atoms with Crippen LogP contribution in [0.15, 0.2) is 9.72 Å². The molecule has 0 amide bonds. The molecule has 1 aromatic heterocycles. The Labute approximate surface area is 109 Å². The van der Waals surface area contributed by atoms with Gasteiger partial charge in [-0.2, -0.15) is 0 Å². The number of hydrogen-bond acceptors (Lipinski definition) is 6. The fourth-order valence-corrected chi connectivity index (χ4v) is 3.47. The van der Waals surface area contributed by atoms with Gasteiger partial charge in [-0.1, -0.05) is 0 Å². The summed E-state index contributed by atoms with van der Waals surface area (Å²) in [6, 6.07) is 0. The number of aromatic carboxylic acids is 1. The van der Waals surface area contributed by atoms with Crippen LogP contribution in [0.1, 0.15) is 23.3 Å². The first-order valence-corrected chi connectivity index (χ1v) is 7.50. The summed E-state index contributed by atoms with van der Waals surface area (Å²) in [7, 11) is -2.23. The molecule has 0 aliphatic carbocycles. The molecule has 18 heavy (non-hydrogen) atoms. The van der Waals surface area contributed by atoms with Gasteiger partial charge in [0.1, 0.15) is 0 Å². The number of methoxy groups -OCH3 is 1. The number of carboxylic acid groups (broad SMARTS) is 1. The van der Waals surface area contributed by atoms with Crippen molar-refractivity contribution in [2.45, 2.75) is 17.1 Å². The maximum atomic E-state index is 11.8. The Kier molecular flexibility index (Phi) is 5.66. The number of carbonyl (C=O) groups is 1. The molecule has 2 N–H and O–H groups in total. The second-order valence-corrected chi connectivity index (χ2v) is 6.21. The lowest BCUT2D eigenvalue weighted by Crippen LogP contribution is -2.25. The minimum atomic E-state index is -3.80. The molecule has 9 heteroatoms. The Bertz CT molecular complexity index is 497. The zero-order chi connectivity index (χ0) is 13.6. The zero-order valence-corrected chi connectivity index (χ0v) is 11.4. The molecule has 1 heterocycles. The van der Waals surface area contributed by atoms with Gasteiger partial charge in [-0.15, -0.1) is 11.3 Å². The van der Waals surface area contributed by atoms with Crippen molar-refractivity contribution < 1.29 is 23.1 Å². The molecule has 0 atom stereocenters. The van der Waals surface area contributed by atoms with Crippen molar-refractivity contribution in [3.8, 4) is 0 Å². The SMILES string of the molecule is COCCCCNS(=O)(=O)c1scnc1C(=O)O. The number of rotatable bonds is 8. The molecule has 0 aromatic carbocycles. The Morgan fingerprint density at radius 1 is 1.56 bits per heavy atom. The molecular weight excluding hydrogens is 280 g/mol. The van der Waals surface area contributed by atoms with E-state index in [-0.39, 0.29) is 10.8 Å². The van der Waals surface area contributed by atoms with Crippen molar-refractivity contribution in [1.29, 1.82) is 0 Å². The third-order valence-electron chi connectivity index (χ3n) is 2.05. The number of nitrogens with one attached hydrogen (secondary N) is 1. The van der Waals surface area contributed by atoms with Crippen molar-refractivity contribution in [2.75, 3.05) is 20.3 Å². The van der Waals surface area contributed by atoms with E-state index in [1.165, 1.54) is 5.51 Å². The van der Waals surface area contributed by atoms with Gasteiger partial charge in [0.15, 0.2) is 9.90 Å². The molecule has 0 saturated heterocycles. The van der Waals surface area contributed by atoms with Crippen LogP contribution in [0.4, 0.5) is 0 Å². The second kappa shape index (κ2) is 6.78. The van der Waals surface area contributed by atoms with Crippen LogP contribution in [-0.2, 0) is 14.8 Å². The summed E-state index contributed by atoms with van der Waals surface area (Å²) in [6.07, 6.45) is 1.35. The van der Waals surface area contributed by atoms with Crippen molar-refractivity contribution in [3.05, 3.63) is 11.2 Å². The molecule has 0 unspecified atom stereocenters. The van der Waals surface area contributed by atoms with Crippen molar-refractivity contribution in [1.82, 2.24) is 9.71 Å². The fourth-order valence-electron chi connectivity index (χ4n) is 1.21. The summed E-state index contributed by atoms with van der Waals surface area (Å²) in [6.45, 7) is 0.797. The lowest BCUT2D eigenvalue weighted by atomic mass is 10.3. The number of hydrogen-bond donors (Lipinski definition) is 2. The highest BCUT2D eigenvalue weighted by molar-refractivity contribution is 7.91. The van der Waals surface area contributed by atoms with E-state index in [0.29, 0.717) is 13.0 Å². The standard InChI is InChI=1S/C9H14N2O5S2/c1-16-5-3-2-4-11-18(14,15)9-7(8(12)13)10-6-17-9/h6,11H,2-5H2,1H3,(H,12,13). The number of thiazole rings is 1. The quantitative estimate of drug-likeness (QED) is 0.678. The fraction of sp³-hybridized carbons (Fsp3) is 0.556. The van der Waals surface area contributed by atoms with Crippen LogP contribution in [0.25, 0.3) is 0 Å². The Morgan fingerprint density at radius 3 is 2.89 bits per heavy atom. The van der Waals surface area contributed by atoms with Crippen LogP contribution in [0.2, 0.25) is 0 Å². The van der Waals surface area contributed by atoms with E-state index in [9.17, 15) is 13.2 Å². The number of sulfonamides is 1. The Balaban J connectivity index is 2.63. The number of unbranched alkanes of at least 4 members (excludes halogenated alkanes) is 1. The first-order chi connectivity index (χ1) is 8.49. The summed E-state index contributed by atoms with van der Waals surface area (Å²) in [5.74, 6) is -1.35. The van der Waals surface area contributed by atoms with Crippen LogP contribution >= 0.6 is 11.3 Å². The van der Waals surface area contributed by atoms with Gasteiger partial charge in [-0.3, -0.25) is 0 Å². The Hall–Kier alpha value is -1.03. The van der Waals surface area contributed by atoms with Crippen LogP contribution < -0.4 is 4.72 Å². The number of ether oxygens (including phenoxy) is 1. The highest BCUT2D eigenvalue weighted by atomic mass is 32.2. The van der Waals surface area contributed by atoms with Gasteiger partial charge in [0.25, 0.3) is 10.0 Å². The van der Waals surface area contributed by atoms with E-state index in [4.69, 9.17) is 9.84 Å². The second-order valence-electron chi connectivity index (χ2n) is 3.39. The van der Waals surface area contributed by atoms with E-state index < -0.39 is 21.7 Å². The average Bonchev–Trinajstić information content (AvgIpc) is 2.78. The van der Waals surface area contributed by atoms with Gasteiger partial charge < -0.3 is 9.84 Å².